The molecule has 0 amide bonds. The molecule has 0 spiro atoms. The highest BCUT2D eigenvalue weighted by molar-refractivity contribution is 5.17. The van der Waals surface area contributed by atoms with Crippen LogP contribution in [-0.2, 0) is 4.74 Å². The zero-order valence-electron chi connectivity index (χ0n) is 13.4. The van der Waals surface area contributed by atoms with E-state index in [-0.39, 0.29) is 17.2 Å². The van der Waals surface area contributed by atoms with E-state index in [1.807, 2.05) is 0 Å². The van der Waals surface area contributed by atoms with Crippen LogP contribution in [-0.4, -0.2) is 17.7 Å². The molecule has 0 heterocycles. The first kappa shape index (κ1) is 15.5. The van der Waals surface area contributed by atoms with Gasteiger partial charge in [0.1, 0.15) is 0 Å². The van der Waals surface area contributed by atoms with Crippen molar-refractivity contribution in [1.29, 1.82) is 0 Å². The van der Waals surface area contributed by atoms with Gasteiger partial charge in [-0.1, -0.05) is 30.3 Å². The molecule has 1 aliphatic carbocycles. The van der Waals surface area contributed by atoms with Gasteiger partial charge in [0.25, 0.3) is 0 Å². The first-order chi connectivity index (χ1) is 9.40. The summed E-state index contributed by atoms with van der Waals surface area (Å²) in [4.78, 5) is 0. The Kier molecular flexibility index (Phi) is 4.87. The van der Waals surface area contributed by atoms with E-state index in [1.165, 1.54) is 24.8 Å². The summed E-state index contributed by atoms with van der Waals surface area (Å²) in [5.41, 5.74) is 1.58. The zero-order chi connectivity index (χ0) is 14.6. The average Bonchev–Trinajstić information content (AvgIpc) is 2.35. The Morgan fingerprint density at radius 3 is 2.35 bits per heavy atom. The van der Waals surface area contributed by atoms with Gasteiger partial charge in [0.2, 0.25) is 0 Å². The lowest BCUT2D eigenvalue weighted by atomic mass is 9.77. The molecule has 1 atom stereocenters. The van der Waals surface area contributed by atoms with E-state index in [9.17, 15) is 0 Å². The van der Waals surface area contributed by atoms with Crippen molar-refractivity contribution in [2.45, 2.75) is 70.6 Å². The molecule has 0 aromatic heterocycles. The van der Waals surface area contributed by atoms with E-state index in [2.05, 4.69) is 63.3 Å². The highest BCUT2D eigenvalue weighted by Crippen LogP contribution is 2.42. The van der Waals surface area contributed by atoms with Crippen LogP contribution >= 0.6 is 0 Å². The number of hydrogen-bond donors (Lipinski definition) is 1. The van der Waals surface area contributed by atoms with Crippen LogP contribution in [0.3, 0.4) is 0 Å². The molecule has 112 valence electrons. The lowest BCUT2D eigenvalue weighted by Gasteiger charge is -2.44. The fourth-order valence-electron chi connectivity index (χ4n) is 2.83. The van der Waals surface area contributed by atoms with Gasteiger partial charge >= 0.3 is 0 Å². The van der Waals surface area contributed by atoms with Crippen LogP contribution in [0.4, 0.5) is 0 Å². The Bertz CT molecular complexity index is 403. The maximum Gasteiger partial charge on any atom is 0.0804 e. The third-order valence-corrected chi connectivity index (χ3v) is 4.20. The van der Waals surface area contributed by atoms with Gasteiger partial charge in [0.15, 0.2) is 0 Å². The third-order valence-electron chi connectivity index (χ3n) is 4.20. The highest BCUT2D eigenvalue weighted by atomic mass is 16.5. The molecular formula is C18H29NO. The Hall–Kier alpha value is -0.860. The van der Waals surface area contributed by atoms with E-state index >= 15 is 0 Å². The van der Waals surface area contributed by atoms with Gasteiger partial charge < -0.3 is 10.1 Å². The van der Waals surface area contributed by atoms with Crippen LogP contribution in [0.25, 0.3) is 0 Å². The predicted molar refractivity (Wildman–Crippen MR) is 84.9 cm³/mol. The fraction of sp³-hybridized carbons (Fsp3) is 0.667. The number of rotatable bonds is 6. The minimum absolute atomic E-state index is 0.105. The average molecular weight is 275 g/mol. The number of nitrogens with one attached hydrogen (secondary N) is 1. The quantitative estimate of drug-likeness (QED) is 0.827. The molecule has 1 aromatic carbocycles. The Morgan fingerprint density at radius 2 is 1.85 bits per heavy atom. The van der Waals surface area contributed by atoms with Gasteiger partial charge in [-0.3, -0.25) is 0 Å². The van der Waals surface area contributed by atoms with Crippen molar-refractivity contribution in [3.63, 3.8) is 0 Å². The zero-order valence-corrected chi connectivity index (χ0v) is 13.4. The van der Waals surface area contributed by atoms with E-state index < -0.39 is 0 Å². The number of ether oxygens (including phenoxy) is 1. The molecule has 1 fully saturated rings. The molecule has 0 radical (unpaired) electrons. The molecule has 1 unspecified atom stereocenters. The molecule has 2 nitrogen and oxygen atoms in total. The smallest absolute Gasteiger partial charge is 0.0804 e. The summed E-state index contributed by atoms with van der Waals surface area (Å²) < 4.78 is 6.43. The maximum atomic E-state index is 6.43. The molecule has 1 N–H and O–H groups in total. The summed E-state index contributed by atoms with van der Waals surface area (Å²) in [7, 11) is 0. The molecule has 2 rings (SSSR count). The molecule has 2 heteroatoms. The first-order valence-electron chi connectivity index (χ1n) is 7.88. The molecule has 0 saturated heterocycles. The van der Waals surface area contributed by atoms with Crippen LogP contribution in [0.2, 0.25) is 0 Å². The first-order valence-corrected chi connectivity index (χ1v) is 7.88. The van der Waals surface area contributed by atoms with Crippen molar-refractivity contribution >= 4 is 0 Å². The van der Waals surface area contributed by atoms with E-state index in [1.54, 1.807) is 0 Å². The standard InChI is InChI=1S/C18H29NO/c1-15(16-9-6-5-7-10-16)20-18(11-8-12-18)13-14-19-17(2,3)4/h5-7,9-10,15,19H,8,11-14H2,1-4H3. The summed E-state index contributed by atoms with van der Waals surface area (Å²) in [6.07, 6.45) is 5.01. The van der Waals surface area contributed by atoms with Crippen molar-refractivity contribution in [3.05, 3.63) is 35.9 Å². The number of benzene rings is 1. The number of hydrogen-bond acceptors (Lipinski definition) is 2. The second-order valence-corrected chi connectivity index (χ2v) is 7.13. The minimum atomic E-state index is 0.105. The van der Waals surface area contributed by atoms with Crippen molar-refractivity contribution in [2.75, 3.05) is 6.54 Å². The van der Waals surface area contributed by atoms with Crippen LogP contribution < -0.4 is 5.32 Å². The lowest BCUT2D eigenvalue weighted by molar-refractivity contribution is -0.140. The Labute approximate surface area is 123 Å². The largest absolute Gasteiger partial charge is 0.367 e. The van der Waals surface area contributed by atoms with Gasteiger partial charge in [0.05, 0.1) is 11.7 Å². The Morgan fingerprint density at radius 1 is 1.20 bits per heavy atom. The molecular weight excluding hydrogens is 246 g/mol. The fourth-order valence-corrected chi connectivity index (χ4v) is 2.83. The monoisotopic (exact) mass is 275 g/mol. The normalized spacial score (nSPS) is 19.4. The second-order valence-electron chi connectivity index (χ2n) is 7.13. The molecule has 0 aliphatic heterocycles. The maximum absolute atomic E-state index is 6.43. The summed E-state index contributed by atoms with van der Waals surface area (Å²) in [6.45, 7) is 9.85. The van der Waals surface area contributed by atoms with Crippen molar-refractivity contribution in [1.82, 2.24) is 5.32 Å². The van der Waals surface area contributed by atoms with Gasteiger partial charge in [-0.05, 0) is 65.5 Å². The SMILES string of the molecule is CC(OC1(CCNC(C)(C)C)CCC1)c1ccccc1. The van der Waals surface area contributed by atoms with Crippen molar-refractivity contribution < 1.29 is 4.74 Å². The van der Waals surface area contributed by atoms with Gasteiger partial charge in [-0.25, -0.2) is 0 Å². The van der Waals surface area contributed by atoms with E-state index in [0.717, 1.165) is 13.0 Å². The van der Waals surface area contributed by atoms with Crippen LogP contribution in [0.5, 0.6) is 0 Å². The van der Waals surface area contributed by atoms with Gasteiger partial charge in [0, 0.05) is 5.54 Å². The summed E-state index contributed by atoms with van der Waals surface area (Å²) in [5.74, 6) is 0. The summed E-state index contributed by atoms with van der Waals surface area (Å²) in [5, 5.41) is 3.58. The molecule has 20 heavy (non-hydrogen) atoms. The highest BCUT2D eigenvalue weighted by Gasteiger charge is 2.39. The second kappa shape index (κ2) is 6.28. The van der Waals surface area contributed by atoms with Gasteiger partial charge in [-0.2, -0.15) is 0 Å². The van der Waals surface area contributed by atoms with Gasteiger partial charge in [-0.15, -0.1) is 0 Å². The van der Waals surface area contributed by atoms with Crippen LogP contribution in [0.1, 0.15) is 65.0 Å². The van der Waals surface area contributed by atoms with Crippen LogP contribution in [0.15, 0.2) is 30.3 Å². The third kappa shape index (κ3) is 4.32. The minimum Gasteiger partial charge on any atom is -0.367 e. The van der Waals surface area contributed by atoms with Crippen molar-refractivity contribution in [3.8, 4) is 0 Å². The van der Waals surface area contributed by atoms with E-state index in [4.69, 9.17) is 4.74 Å². The lowest BCUT2D eigenvalue weighted by Crippen LogP contribution is -2.46. The Balaban J connectivity index is 1.88. The van der Waals surface area contributed by atoms with Crippen molar-refractivity contribution in [2.24, 2.45) is 0 Å². The molecule has 1 aromatic rings. The molecule has 1 aliphatic rings. The molecule has 0 bridgehead atoms. The van der Waals surface area contributed by atoms with E-state index in [0.29, 0.717) is 0 Å². The predicted octanol–water partition coefficient (Wildman–Crippen LogP) is 4.47. The van der Waals surface area contributed by atoms with Crippen LogP contribution in [0, 0.1) is 0 Å². The molecule has 1 saturated carbocycles. The summed E-state index contributed by atoms with van der Waals surface area (Å²) in [6, 6.07) is 10.5. The topological polar surface area (TPSA) is 21.3 Å². The summed E-state index contributed by atoms with van der Waals surface area (Å²) >= 11 is 0.